The van der Waals surface area contributed by atoms with E-state index in [-0.39, 0.29) is 6.03 Å². The quantitative estimate of drug-likeness (QED) is 0.930. The van der Waals surface area contributed by atoms with E-state index in [0.29, 0.717) is 32.1 Å². The molecule has 2 heterocycles. The number of carbonyl (C=O) groups is 2. The third-order valence-electron chi connectivity index (χ3n) is 4.18. The normalized spacial score (nSPS) is 22.1. The highest BCUT2D eigenvalue weighted by molar-refractivity contribution is 7.09. The molecular weight excluding hydrogens is 288 g/mol. The number of hydrogen-bond donors (Lipinski definition) is 1. The summed E-state index contributed by atoms with van der Waals surface area (Å²) in [7, 11) is 0. The Kier molecular flexibility index (Phi) is 4.14. The fraction of sp³-hybridized carbons (Fsp3) is 0.600. The van der Waals surface area contributed by atoms with E-state index in [1.54, 1.807) is 16.2 Å². The molecule has 2 fully saturated rings. The van der Waals surface area contributed by atoms with E-state index < -0.39 is 11.9 Å². The lowest BCUT2D eigenvalue weighted by Gasteiger charge is -2.35. The fourth-order valence-corrected chi connectivity index (χ4v) is 3.55. The summed E-state index contributed by atoms with van der Waals surface area (Å²) in [6, 6.07) is 4.39. The van der Waals surface area contributed by atoms with Crippen molar-refractivity contribution < 1.29 is 14.7 Å². The molecule has 2 aliphatic rings. The SMILES string of the molecule is O=C(O)C1CCCN(C(=O)N(Cc2cccs2)C2CC2)C1. The van der Waals surface area contributed by atoms with E-state index in [1.807, 2.05) is 22.4 Å². The average molecular weight is 308 g/mol. The van der Waals surface area contributed by atoms with Crippen molar-refractivity contribution in [1.82, 2.24) is 9.80 Å². The first-order valence-corrected chi connectivity index (χ1v) is 8.34. The van der Waals surface area contributed by atoms with E-state index in [2.05, 4.69) is 0 Å². The van der Waals surface area contributed by atoms with Crippen LogP contribution in [0.15, 0.2) is 17.5 Å². The van der Waals surface area contributed by atoms with Gasteiger partial charge in [-0.25, -0.2) is 4.79 Å². The fourth-order valence-electron chi connectivity index (χ4n) is 2.84. The maximum atomic E-state index is 12.7. The molecule has 1 saturated heterocycles. The number of carboxylic acid groups (broad SMARTS) is 1. The number of aliphatic carboxylic acids is 1. The molecule has 21 heavy (non-hydrogen) atoms. The lowest BCUT2D eigenvalue weighted by molar-refractivity contribution is -0.143. The standard InChI is InChI=1S/C15H20N2O3S/c18-14(19)11-3-1-7-16(9-11)15(20)17(12-5-6-12)10-13-4-2-8-21-13/h2,4,8,11-12H,1,3,5-7,9-10H2,(H,18,19). The largest absolute Gasteiger partial charge is 0.481 e. The highest BCUT2D eigenvalue weighted by atomic mass is 32.1. The summed E-state index contributed by atoms with van der Waals surface area (Å²) in [5.41, 5.74) is 0. The van der Waals surface area contributed by atoms with Gasteiger partial charge >= 0.3 is 12.0 Å². The summed E-state index contributed by atoms with van der Waals surface area (Å²) in [5.74, 6) is -1.20. The minimum Gasteiger partial charge on any atom is -0.481 e. The van der Waals surface area contributed by atoms with Crippen LogP contribution in [0, 0.1) is 5.92 Å². The topological polar surface area (TPSA) is 60.9 Å². The van der Waals surface area contributed by atoms with Gasteiger partial charge in [0.25, 0.3) is 0 Å². The van der Waals surface area contributed by atoms with Crippen molar-refractivity contribution >= 4 is 23.3 Å². The van der Waals surface area contributed by atoms with Crippen molar-refractivity contribution in [3.63, 3.8) is 0 Å². The van der Waals surface area contributed by atoms with Crippen molar-refractivity contribution in [1.29, 1.82) is 0 Å². The molecule has 1 unspecified atom stereocenters. The average Bonchev–Trinajstić information content (AvgIpc) is 3.20. The van der Waals surface area contributed by atoms with Gasteiger partial charge in [0.15, 0.2) is 0 Å². The zero-order valence-electron chi connectivity index (χ0n) is 11.9. The van der Waals surface area contributed by atoms with Gasteiger partial charge in [-0.2, -0.15) is 0 Å². The molecule has 1 saturated carbocycles. The smallest absolute Gasteiger partial charge is 0.320 e. The Morgan fingerprint density at radius 2 is 2.19 bits per heavy atom. The van der Waals surface area contributed by atoms with Crippen molar-refractivity contribution in [2.75, 3.05) is 13.1 Å². The Balaban J connectivity index is 1.67. The molecule has 1 aromatic rings. The maximum Gasteiger partial charge on any atom is 0.320 e. The third-order valence-corrected chi connectivity index (χ3v) is 5.04. The van der Waals surface area contributed by atoms with Crippen LogP contribution in [0.4, 0.5) is 4.79 Å². The van der Waals surface area contributed by atoms with Gasteiger partial charge in [0, 0.05) is 24.0 Å². The summed E-state index contributed by atoms with van der Waals surface area (Å²) in [5, 5.41) is 11.2. The van der Waals surface area contributed by atoms with E-state index in [0.717, 1.165) is 19.3 Å². The van der Waals surface area contributed by atoms with Gasteiger partial charge in [0.1, 0.15) is 0 Å². The molecule has 3 rings (SSSR count). The van der Waals surface area contributed by atoms with Gasteiger partial charge in [-0.05, 0) is 37.1 Å². The Morgan fingerprint density at radius 3 is 2.81 bits per heavy atom. The maximum absolute atomic E-state index is 12.7. The van der Waals surface area contributed by atoms with E-state index in [9.17, 15) is 9.59 Å². The summed E-state index contributed by atoms with van der Waals surface area (Å²) < 4.78 is 0. The summed E-state index contributed by atoms with van der Waals surface area (Å²) in [6.45, 7) is 1.67. The highest BCUT2D eigenvalue weighted by Gasteiger charge is 2.37. The van der Waals surface area contributed by atoms with Gasteiger partial charge in [-0.1, -0.05) is 6.07 Å². The Labute approximate surface area is 128 Å². The molecule has 0 bridgehead atoms. The second kappa shape index (κ2) is 6.05. The first kappa shape index (κ1) is 14.4. The molecule has 0 spiro atoms. The van der Waals surface area contributed by atoms with Gasteiger partial charge in [0.2, 0.25) is 0 Å². The van der Waals surface area contributed by atoms with Crippen LogP contribution in [0.25, 0.3) is 0 Å². The molecule has 114 valence electrons. The van der Waals surface area contributed by atoms with E-state index >= 15 is 0 Å². The molecule has 0 aromatic carbocycles. The van der Waals surface area contributed by atoms with Crippen LogP contribution in [0.5, 0.6) is 0 Å². The zero-order valence-corrected chi connectivity index (χ0v) is 12.7. The van der Waals surface area contributed by atoms with Crippen LogP contribution in [-0.4, -0.2) is 46.0 Å². The molecule has 1 aliphatic carbocycles. The lowest BCUT2D eigenvalue weighted by Crippen LogP contribution is -2.49. The second-order valence-electron chi connectivity index (χ2n) is 5.84. The highest BCUT2D eigenvalue weighted by Crippen LogP contribution is 2.31. The van der Waals surface area contributed by atoms with Gasteiger partial charge < -0.3 is 14.9 Å². The Morgan fingerprint density at radius 1 is 1.38 bits per heavy atom. The number of thiophene rings is 1. The van der Waals surface area contributed by atoms with Crippen LogP contribution in [-0.2, 0) is 11.3 Å². The monoisotopic (exact) mass is 308 g/mol. The van der Waals surface area contributed by atoms with Crippen molar-refractivity contribution in [3.05, 3.63) is 22.4 Å². The number of rotatable bonds is 4. The number of carbonyl (C=O) groups excluding carboxylic acids is 1. The van der Waals surface area contributed by atoms with Crippen molar-refractivity contribution in [2.24, 2.45) is 5.92 Å². The predicted octanol–water partition coefficient (Wildman–Crippen LogP) is 2.63. The number of amides is 2. The first-order chi connectivity index (χ1) is 10.1. The molecule has 1 aliphatic heterocycles. The summed E-state index contributed by atoms with van der Waals surface area (Å²) >= 11 is 1.66. The molecular formula is C15H20N2O3S. The Hall–Kier alpha value is -1.56. The molecule has 2 amide bonds. The van der Waals surface area contributed by atoms with Crippen LogP contribution in [0.3, 0.4) is 0 Å². The van der Waals surface area contributed by atoms with Crippen LogP contribution >= 0.6 is 11.3 Å². The summed E-state index contributed by atoms with van der Waals surface area (Å²) in [4.78, 5) is 28.7. The molecule has 1 atom stereocenters. The zero-order chi connectivity index (χ0) is 14.8. The minimum atomic E-state index is -0.788. The molecule has 0 radical (unpaired) electrons. The summed E-state index contributed by atoms with van der Waals surface area (Å²) in [6.07, 6.45) is 3.58. The number of urea groups is 1. The van der Waals surface area contributed by atoms with Crippen molar-refractivity contribution in [2.45, 2.75) is 38.3 Å². The van der Waals surface area contributed by atoms with Gasteiger partial charge in [-0.15, -0.1) is 11.3 Å². The van der Waals surface area contributed by atoms with E-state index in [1.165, 1.54) is 4.88 Å². The van der Waals surface area contributed by atoms with Crippen LogP contribution in [0.1, 0.15) is 30.6 Å². The molecule has 5 nitrogen and oxygen atoms in total. The Bertz CT molecular complexity index is 513. The third kappa shape index (κ3) is 3.37. The number of piperidine rings is 1. The first-order valence-electron chi connectivity index (χ1n) is 7.46. The molecule has 6 heteroatoms. The van der Waals surface area contributed by atoms with Crippen molar-refractivity contribution in [3.8, 4) is 0 Å². The predicted molar refractivity (Wildman–Crippen MR) is 80.2 cm³/mol. The molecule has 1 aromatic heterocycles. The second-order valence-corrected chi connectivity index (χ2v) is 6.88. The van der Waals surface area contributed by atoms with Crippen LogP contribution in [0.2, 0.25) is 0 Å². The minimum absolute atomic E-state index is 0.0110. The van der Waals surface area contributed by atoms with Gasteiger partial charge in [-0.3, -0.25) is 4.79 Å². The van der Waals surface area contributed by atoms with Crippen LogP contribution < -0.4 is 0 Å². The van der Waals surface area contributed by atoms with E-state index in [4.69, 9.17) is 5.11 Å². The number of likely N-dealkylation sites (tertiary alicyclic amines) is 1. The van der Waals surface area contributed by atoms with Gasteiger partial charge in [0.05, 0.1) is 12.5 Å². The lowest BCUT2D eigenvalue weighted by atomic mass is 9.98. The number of nitrogens with zero attached hydrogens (tertiary/aromatic N) is 2. The number of hydrogen-bond acceptors (Lipinski definition) is 3. The number of carboxylic acids is 1. The molecule has 1 N–H and O–H groups in total.